The number of anilines is 1. The minimum absolute atomic E-state index is 0.0631. The van der Waals surface area contributed by atoms with Gasteiger partial charge in [0.25, 0.3) is 0 Å². The average Bonchev–Trinajstić information content (AvgIpc) is 2.73. The third-order valence-corrected chi connectivity index (χ3v) is 4.62. The number of nitrogens with one attached hydrogen (secondary N) is 2. The number of aromatic nitrogens is 1. The van der Waals surface area contributed by atoms with Gasteiger partial charge in [0.05, 0.1) is 15.9 Å². The van der Waals surface area contributed by atoms with E-state index in [9.17, 15) is 8.42 Å². The van der Waals surface area contributed by atoms with Crippen LogP contribution in [0.2, 0.25) is 0 Å². The Kier molecular flexibility index (Phi) is 4.01. The van der Waals surface area contributed by atoms with Crippen LogP contribution in [0.1, 0.15) is 12.8 Å². The van der Waals surface area contributed by atoms with E-state index >= 15 is 0 Å². The molecular formula is C10H14BrN3O2S. The molecule has 2 heterocycles. The van der Waals surface area contributed by atoms with Crippen LogP contribution in [0.3, 0.4) is 0 Å². The van der Waals surface area contributed by atoms with Gasteiger partial charge in [0.15, 0.2) is 0 Å². The number of sulfonamides is 1. The van der Waals surface area contributed by atoms with Crippen molar-refractivity contribution in [2.24, 2.45) is 0 Å². The number of hydrogen-bond acceptors (Lipinski definition) is 4. The zero-order valence-electron chi connectivity index (χ0n) is 9.19. The van der Waals surface area contributed by atoms with E-state index in [1.165, 1.54) is 0 Å². The Balaban J connectivity index is 2.04. The zero-order valence-corrected chi connectivity index (χ0v) is 11.6. The van der Waals surface area contributed by atoms with Crippen molar-refractivity contribution in [2.75, 3.05) is 17.0 Å². The lowest BCUT2D eigenvalue weighted by atomic mass is 10.3. The molecule has 1 unspecified atom stereocenters. The predicted octanol–water partition coefficient (Wildman–Crippen LogP) is 1.34. The van der Waals surface area contributed by atoms with Crippen molar-refractivity contribution in [2.45, 2.75) is 18.9 Å². The minimum atomic E-state index is -3.31. The highest BCUT2D eigenvalue weighted by atomic mass is 79.9. The summed E-state index contributed by atoms with van der Waals surface area (Å²) in [6.07, 6.45) is 5.07. The highest BCUT2D eigenvalue weighted by molar-refractivity contribution is 9.10. The normalized spacial score (nSPS) is 20.4. The van der Waals surface area contributed by atoms with Crippen molar-refractivity contribution < 1.29 is 8.42 Å². The number of hydrogen-bond donors (Lipinski definition) is 2. The predicted molar refractivity (Wildman–Crippen MR) is 70.4 cm³/mol. The molecule has 1 fully saturated rings. The maximum absolute atomic E-state index is 11.9. The standard InChI is InChI=1S/C10H14BrN3O2S/c11-9-6-12-5-3-10(9)14-17(15,16)7-8-2-1-4-13-8/h3,5-6,8,13H,1-2,4,7H2,(H,12,14). The molecule has 1 aromatic rings. The van der Waals surface area contributed by atoms with Crippen LogP contribution in [0.15, 0.2) is 22.9 Å². The first kappa shape index (κ1) is 12.8. The molecule has 2 N–H and O–H groups in total. The van der Waals surface area contributed by atoms with Gasteiger partial charge in [-0.3, -0.25) is 9.71 Å². The summed E-state index contributed by atoms with van der Waals surface area (Å²) in [6, 6.07) is 1.69. The van der Waals surface area contributed by atoms with E-state index in [4.69, 9.17) is 0 Å². The molecule has 0 amide bonds. The molecule has 5 nitrogen and oxygen atoms in total. The molecule has 0 aliphatic carbocycles. The quantitative estimate of drug-likeness (QED) is 0.878. The Morgan fingerprint density at radius 2 is 2.41 bits per heavy atom. The van der Waals surface area contributed by atoms with Crippen LogP contribution in [0.5, 0.6) is 0 Å². The van der Waals surface area contributed by atoms with Crippen molar-refractivity contribution in [1.29, 1.82) is 0 Å². The van der Waals surface area contributed by atoms with Crippen LogP contribution in [0, 0.1) is 0 Å². The smallest absolute Gasteiger partial charge is 0.234 e. The Hall–Kier alpha value is -0.660. The third kappa shape index (κ3) is 3.65. The van der Waals surface area contributed by atoms with Crippen molar-refractivity contribution in [1.82, 2.24) is 10.3 Å². The van der Waals surface area contributed by atoms with E-state index in [1.54, 1.807) is 18.5 Å². The van der Waals surface area contributed by atoms with Gasteiger partial charge in [-0.05, 0) is 41.4 Å². The summed E-state index contributed by atoms with van der Waals surface area (Å²) in [5.41, 5.74) is 0.526. The maximum Gasteiger partial charge on any atom is 0.234 e. The molecule has 0 aromatic carbocycles. The Bertz CT molecular complexity index is 486. The number of nitrogens with zero attached hydrogens (tertiary/aromatic N) is 1. The summed E-state index contributed by atoms with van der Waals surface area (Å²) in [4.78, 5) is 3.88. The second-order valence-corrected chi connectivity index (χ2v) is 6.65. The lowest BCUT2D eigenvalue weighted by Gasteiger charge is -2.13. The summed E-state index contributed by atoms with van der Waals surface area (Å²) in [5.74, 6) is 0.113. The topological polar surface area (TPSA) is 71.1 Å². The molecule has 7 heteroatoms. The van der Waals surface area contributed by atoms with Crippen LogP contribution < -0.4 is 10.0 Å². The second-order valence-electron chi connectivity index (χ2n) is 4.03. The van der Waals surface area contributed by atoms with Gasteiger partial charge >= 0.3 is 0 Å². The van der Waals surface area contributed by atoms with E-state index in [2.05, 4.69) is 31.0 Å². The summed E-state index contributed by atoms with van der Waals surface area (Å²) >= 11 is 3.26. The van der Waals surface area contributed by atoms with E-state index < -0.39 is 10.0 Å². The zero-order chi connectivity index (χ0) is 12.3. The summed E-state index contributed by atoms with van der Waals surface area (Å²) < 4.78 is 27.0. The fourth-order valence-corrected chi connectivity index (χ4v) is 3.72. The first-order chi connectivity index (χ1) is 8.07. The lowest BCUT2D eigenvalue weighted by Crippen LogP contribution is -2.32. The van der Waals surface area contributed by atoms with Crippen molar-refractivity contribution in [3.63, 3.8) is 0 Å². The maximum atomic E-state index is 11.9. The summed E-state index contributed by atoms with van der Waals surface area (Å²) in [6.45, 7) is 0.902. The van der Waals surface area contributed by atoms with Crippen molar-refractivity contribution in [3.8, 4) is 0 Å². The molecule has 0 bridgehead atoms. The third-order valence-electron chi connectivity index (χ3n) is 2.62. The van der Waals surface area contributed by atoms with Gasteiger partial charge in [0, 0.05) is 18.4 Å². The van der Waals surface area contributed by atoms with Crippen molar-refractivity contribution in [3.05, 3.63) is 22.9 Å². The van der Waals surface area contributed by atoms with Gasteiger partial charge in [-0.1, -0.05) is 0 Å². The highest BCUT2D eigenvalue weighted by Crippen LogP contribution is 2.21. The molecule has 1 aromatic heterocycles. The Labute approximate surface area is 109 Å². The monoisotopic (exact) mass is 319 g/mol. The Morgan fingerprint density at radius 1 is 1.59 bits per heavy atom. The number of halogens is 1. The second kappa shape index (κ2) is 5.32. The van der Waals surface area contributed by atoms with Gasteiger partial charge < -0.3 is 5.32 Å². The molecule has 0 radical (unpaired) electrons. The fourth-order valence-electron chi connectivity index (χ4n) is 1.83. The molecule has 1 aliphatic heterocycles. The summed E-state index contributed by atoms with van der Waals surface area (Å²) in [7, 11) is -3.31. The van der Waals surface area contributed by atoms with Crippen LogP contribution >= 0.6 is 15.9 Å². The number of pyridine rings is 1. The van der Waals surface area contributed by atoms with E-state index in [-0.39, 0.29) is 11.8 Å². The van der Waals surface area contributed by atoms with Gasteiger partial charge in [-0.25, -0.2) is 8.42 Å². The van der Waals surface area contributed by atoms with Crippen LogP contribution in [-0.2, 0) is 10.0 Å². The first-order valence-electron chi connectivity index (χ1n) is 5.40. The van der Waals surface area contributed by atoms with E-state index in [0.29, 0.717) is 10.2 Å². The van der Waals surface area contributed by atoms with Gasteiger partial charge in [0.1, 0.15) is 0 Å². The van der Waals surface area contributed by atoms with Gasteiger partial charge in [-0.15, -0.1) is 0 Å². The lowest BCUT2D eigenvalue weighted by molar-refractivity contribution is 0.582. The van der Waals surface area contributed by atoms with E-state index in [0.717, 1.165) is 19.4 Å². The minimum Gasteiger partial charge on any atom is -0.313 e. The number of rotatable bonds is 4. The fraction of sp³-hybridized carbons (Fsp3) is 0.500. The molecule has 17 heavy (non-hydrogen) atoms. The summed E-state index contributed by atoms with van der Waals surface area (Å²) in [5, 5.41) is 3.17. The molecular weight excluding hydrogens is 306 g/mol. The first-order valence-corrected chi connectivity index (χ1v) is 7.85. The molecule has 2 rings (SSSR count). The average molecular weight is 320 g/mol. The molecule has 0 saturated carbocycles. The SMILES string of the molecule is O=S(=O)(CC1CCCN1)Nc1ccncc1Br. The van der Waals surface area contributed by atoms with Crippen molar-refractivity contribution >= 4 is 31.6 Å². The largest absolute Gasteiger partial charge is 0.313 e. The molecule has 1 atom stereocenters. The highest BCUT2D eigenvalue weighted by Gasteiger charge is 2.22. The molecule has 0 spiro atoms. The molecule has 94 valence electrons. The van der Waals surface area contributed by atoms with Crippen LogP contribution in [0.25, 0.3) is 0 Å². The van der Waals surface area contributed by atoms with Crippen LogP contribution in [0.4, 0.5) is 5.69 Å². The van der Waals surface area contributed by atoms with Gasteiger partial charge in [0.2, 0.25) is 10.0 Å². The van der Waals surface area contributed by atoms with Gasteiger partial charge in [-0.2, -0.15) is 0 Å². The molecule has 1 saturated heterocycles. The molecule has 1 aliphatic rings. The van der Waals surface area contributed by atoms with Crippen LogP contribution in [-0.4, -0.2) is 31.7 Å². The Morgan fingerprint density at radius 3 is 3.06 bits per heavy atom. The van der Waals surface area contributed by atoms with E-state index in [1.807, 2.05) is 0 Å².